The number of ether oxygens (including phenoxy) is 2. The highest BCUT2D eigenvalue weighted by Gasteiger charge is 2.17. The molecule has 1 fully saturated rings. The van der Waals surface area contributed by atoms with Crippen molar-refractivity contribution in [1.29, 1.82) is 0 Å². The van der Waals surface area contributed by atoms with Gasteiger partial charge in [-0.1, -0.05) is 6.07 Å². The molecule has 0 saturated carbocycles. The van der Waals surface area contributed by atoms with E-state index in [9.17, 15) is 0 Å². The molecule has 0 radical (unpaired) electrons. The number of nitrogens with one attached hydrogen (secondary N) is 1. The largest absolute Gasteiger partial charge is 0.490 e. The Morgan fingerprint density at radius 1 is 0.923 bits per heavy atom. The van der Waals surface area contributed by atoms with Gasteiger partial charge in [-0.3, -0.25) is 0 Å². The van der Waals surface area contributed by atoms with Crippen LogP contribution in [0.2, 0.25) is 0 Å². The monoisotopic (exact) mass is 354 g/mol. The van der Waals surface area contributed by atoms with Crippen molar-refractivity contribution in [3.8, 4) is 11.6 Å². The minimum absolute atomic E-state index is 0.453. The lowest BCUT2D eigenvalue weighted by atomic mass is 9.92. The SMILES string of the molecule is c1cnc(N2CCNCC2)c(OCCOc2ccc3c(c2)CCCC3)n1. The molecule has 138 valence electrons. The zero-order chi connectivity index (χ0) is 17.6. The molecule has 1 aromatic heterocycles. The number of benzene rings is 1. The first-order valence-corrected chi connectivity index (χ1v) is 9.54. The Balaban J connectivity index is 1.31. The maximum absolute atomic E-state index is 5.88. The molecule has 1 aliphatic heterocycles. The van der Waals surface area contributed by atoms with Gasteiger partial charge in [-0.2, -0.15) is 0 Å². The predicted molar refractivity (Wildman–Crippen MR) is 101 cm³/mol. The Labute approximate surface area is 154 Å². The molecule has 2 aliphatic rings. The summed E-state index contributed by atoms with van der Waals surface area (Å²) in [4.78, 5) is 11.0. The molecule has 6 heteroatoms. The molecule has 6 nitrogen and oxygen atoms in total. The Morgan fingerprint density at radius 2 is 1.69 bits per heavy atom. The van der Waals surface area contributed by atoms with Gasteiger partial charge in [-0.05, 0) is 48.9 Å². The standard InChI is InChI=1S/C20H26N4O2/c1-2-4-17-15-18(6-5-16(17)3-1)25-13-14-26-20-19(22-7-8-23-20)24-11-9-21-10-12-24/h5-8,15,21H,1-4,9-14H2. The van der Waals surface area contributed by atoms with Crippen LogP contribution in [0, 0.1) is 0 Å². The summed E-state index contributed by atoms with van der Waals surface area (Å²) in [6, 6.07) is 6.46. The van der Waals surface area contributed by atoms with Gasteiger partial charge in [0.05, 0.1) is 0 Å². The average molecular weight is 354 g/mol. The van der Waals surface area contributed by atoms with Crippen LogP contribution in [-0.4, -0.2) is 49.4 Å². The van der Waals surface area contributed by atoms with Gasteiger partial charge < -0.3 is 19.7 Å². The highest BCUT2D eigenvalue weighted by Crippen LogP contribution is 2.26. The maximum atomic E-state index is 5.88. The lowest BCUT2D eigenvalue weighted by molar-refractivity contribution is 0.211. The van der Waals surface area contributed by atoms with E-state index in [4.69, 9.17) is 9.47 Å². The number of hydrogen-bond donors (Lipinski definition) is 1. The van der Waals surface area contributed by atoms with Crippen molar-refractivity contribution in [2.24, 2.45) is 0 Å². The summed E-state index contributed by atoms with van der Waals surface area (Å²) >= 11 is 0. The van der Waals surface area contributed by atoms with Gasteiger partial charge in [-0.25, -0.2) is 9.97 Å². The van der Waals surface area contributed by atoms with Crippen LogP contribution in [0.15, 0.2) is 30.6 Å². The van der Waals surface area contributed by atoms with Crippen molar-refractivity contribution in [2.45, 2.75) is 25.7 Å². The Morgan fingerprint density at radius 3 is 2.58 bits per heavy atom. The van der Waals surface area contributed by atoms with Crippen LogP contribution in [0.25, 0.3) is 0 Å². The summed E-state index contributed by atoms with van der Waals surface area (Å²) < 4.78 is 11.7. The van der Waals surface area contributed by atoms with E-state index in [-0.39, 0.29) is 0 Å². The number of aryl methyl sites for hydroxylation is 2. The fraction of sp³-hybridized carbons (Fsp3) is 0.500. The average Bonchev–Trinajstić information content (AvgIpc) is 2.72. The van der Waals surface area contributed by atoms with Gasteiger partial charge >= 0.3 is 0 Å². The van der Waals surface area contributed by atoms with Gasteiger partial charge in [0.25, 0.3) is 5.88 Å². The first-order chi connectivity index (χ1) is 12.9. The third kappa shape index (κ3) is 4.07. The third-order valence-electron chi connectivity index (χ3n) is 4.97. The topological polar surface area (TPSA) is 59.5 Å². The van der Waals surface area contributed by atoms with Crippen LogP contribution < -0.4 is 19.7 Å². The molecule has 0 bridgehead atoms. The lowest BCUT2D eigenvalue weighted by Crippen LogP contribution is -2.44. The van der Waals surface area contributed by atoms with Crippen molar-refractivity contribution in [3.63, 3.8) is 0 Å². The predicted octanol–water partition coefficient (Wildman–Crippen LogP) is 2.22. The molecule has 4 rings (SSSR count). The molecule has 1 aliphatic carbocycles. The first-order valence-electron chi connectivity index (χ1n) is 9.54. The molecule has 2 heterocycles. The smallest absolute Gasteiger partial charge is 0.257 e. The zero-order valence-electron chi connectivity index (χ0n) is 15.1. The van der Waals surface area contributed by atoms with Crippen LogP contribution >= 0.6 is 0 Å². The lowest BCUT2D eigenvalue weighted by Gasteiger charge is -2.28. The Bertz CT molecular complexity index is 732. The number of hydrogen-bond acceptors (Lipinski definition) is 6. The molecule has 26 heavy (non-hydrogen) atoms. The molecule has 1 aromatic carbocycles. The number of rotatable bonds is 6. The van der Waals surface area contributed by atoms with Crippen molar-refractivity contribution >= 4 is 5.82 Å². The molecule has 0 spiro atoms. The van der Waals surface area contributed by atoms with Crippen molar-refractivity contribution < 1.29 is 9.47 Å². The normalized spacial score (nSPS) is 16.8. The second-order valence-corrected chi connectivity index (χ2v) is 6.76. The second-order valence-electron chi connectivity index (χ2n) is 6.76. The molecule has 0 atom stereocenters. The minimum Gasteiger partial charge on any atom is -0.490 e. The summed E-state index contributed by atoms with van der Waals surface area (Å²) in [6.07, 6.45) is 8.33. The van der Waals surface area contributed by atoms with Crippen molar-refractivity contribution in [2.75, 3.05) is 44.3 Å². The van der Waals surface area contributed by atoms with Crippen LogP contribution in [-0.2, 0) is 12.8 Å². The number of nitrogens with zero attached hydrogens (tertiary/aromatic N) is 3. The summed E-state index contributed by atoms with van der Waals surface area (Å²) in [5.41, 5.74) is 2.91. The van der Waals surface area contributed by atoms with Gasteiger partial charge in [-0.15, -0.1) is 0 Å². The van der Waals surface area contributed by atoms with E-state index in [1.807, 2.05) is 0 Å². The van der Waals surface area contributed by atoms with Gasteiger partial charge in [0.2, 0.25) is 0 Å². The Hall–Kier alpha value is -2.34. The summed E-state index contributed by atoms with van der Waals surface area (Å²) in [5, 5.41) is 3.35. The van der Waals surface area contributed by atoms with Crippen LogP contribution in [0.3, 0.4) is 0 Å². The molecule has 0 unspecified atom stereocenters. The maximum Gasteiger partial charge on any atom is 0.257 e. The highest BCUT2D eigenvalue weighted by atomic mass is 16.5. The van der Waals surface area contributed by atoms with E-state index in [2.05, 4.69) is 38.4 Å². The van der Waals surface area contributed by atoms with E-state index >= 15 is 0 Å². The number of aromatic nitrogens is 2. The second kappa shape index (κ2) is 8.36. The van der Waals surface area contributed by atoms with Crippen molar-refractivity contribution in [3.05, 3.63) is 41.7 Å². The first kappa shape index (κ1) is 17.1. The van der Waals surface area contributed by atoms with Gasteiger partial charge in [0.15, 0.2) is 5.82 Å². The van der Waals surface area contributed by atoms with Crippen molar-refractivity contribution in [1.82, 2.24) is 15.3 Å². The molecule has 1 N–H and O–H groups in total. The highest BCUT2D eigenvalue weighted by molar-refractivity contribution is 5.48. The van der Waals surface area contributed by atoms with Crippen LogP contribution in [0.5, 0.6) is 11.6 Å². The Kier molecular flexibility index (Phi) is 5.50. The molecule has 0 amide bonds. The zero-order valence-corrected chi connectivity index (χ0v) is 15.1. The minimum atomic E-state index is 0.453. The van der Waals surface area contributed by atoms with E-state index in [1.165, 1.54) is 30.4 Å². The summed E-state index contributed by atoms with van der Waals surface area (Å²) in [5.74, 6) is 2.34. The number of anilines is 1. The van der Waals surface area contributed by atoms with E-state index in [0.29, 0.717) is 19.1 Å². The third-order valence-corrected chi connectivity index (χ3v) is 4.97. The summed E-state index contributed by atoms with van der Waals surface area (Å²) in [6.45, 7) is 4.70. The van der Waals surface area contributed by atoms with Crippen LogP contribution in [0.1, 0.15) is 24.0 Å². The number of piperazine rings is 1. The fourth-order valence-electron chi connectivity index (χ4n) is 3.61. The number of fused-ring (bicyclic) bond motifs is 1. The van der Waals surface area contributed by atoms with E-state index in [1.54, 1.807) is 12.4 Å². The molecule has 2 aromatic rings. The molecular weight excluding hydrogens is 328 g/mol. The van der Waals surface area contributed by atoms with E-state index < -0.39 is 0 Å². The summed E-state index contributed by atoms with van der Waals surface area (Å²) in [7, 11) is 0. The van der Waals surface area contributed by atoms with E-state index in [0.717, 1.165) is 44.2 Å². The van der Waals surface area contributed by atoms with Gasteiger partial charge in [0.1, 0.15) is 19.0 Å². The fourth-order valence-corrected chi connectivity index (χ4v) is 3.61. The van der Waals surface area contributed by atoms with Gasteiger partial charge in [0, 0.05) is 38.6 Å². The molecular formula is C20H26N4O2. The quantitative estimate of drug-likeness (QED) is 0.803. The van der Waals surface area contributed by atoms with Crippen LogP contribution in [0.4, 0.5) is 5.82 Å². The molecule has 1 saturated heterocycles.